The number of nitrogens with one attached hydrogen (secondary N) is 2. The zero-order chi connectivity index (χ0) is 25.5. The Morgan fingerprint density at radius 2 is 1.44 bits per heavy atom. The third kappa shape index (κ3) is 6.66. The second-order valence-corrected chi connectivity index (χ2v) is 9.61. The minimum atomic E-state index is -0.0463. The van der Waals surface area contributed by atoms with Crippen molar-refractivity contribution in [2.75, 3.05) is 41.7 Å². The van der Waals surface area contributed by atoms with Crippen LogP contribution in [-0.2, 0) is 11.2 Å². The van der Waals surface area contributed by atoms with Gasteiger partial charge in [-0.05, 0) is 74.6 Å². The summed E-state index contributed by atoms with van der Waals surface area (Å²) in [5.74, 6) is 0.0392. The van der Waals surface area contributed by atoms with Crippen molar-refractivity contribution in [2.45, 2.75) is 40.0 Å². The Morgan fingerprint density at radius 1 is 0.806 bits per heavy atom. The fourth-order valence-electron chi connectivity index (χ4n) is 4.81. The lowest BCUT2D eigenvalue weighted by molar-refractivity contribution is -0.116. The smallest absolute Gasteiger partial charge is 0.321 e. The van der Waals surface area contributed by atoms with Gasteiger partial charge in [-0.2, -0.15) is 0 Å². The van der Waals surface area contributed by atoms with Gasteiger partial charge in [0, 0.05) is 49.7 Å². The fraction of sp³-hybridized carbons (Fsp3) is 0.333. The van der Waals surface area contributed by atoms with E-state index in [1.165, 1.54) is 11.1 Å². The largest absolute Gasteiger partial charge is 0.368 e. The van der Waals surface area contributed by atoms with Gasteiger partial charge >= 0.3 is 6.03 Å². The van der Waals surface area contributed by atoms with E-state index in [2.05, 4.69) is 46.7 Å². The first-order valence-electron chi connectivity index (χ1n) is 12.7. The van der Waals surface area contributed by atoms with Gasteiger partial charge in [0.1, 0.15) is 0 Å². The molecular weight excluding hydrogens is 448 g/mol. The lowest BCUT2D eigenvalue weighted by Crippen LogP contribution is -2.50. The maximum atomic E-state index is 12.9. The standard InChI is InChI=1S/C30H36N4O2/c1-22-20-23(2)29(24(3)21-22)32-30(36)34-18-16-33(17-19-34)27-14-12-26(13-15-27)31-28(35)11-7-10-25-8-5-4-6-9-25/h4-6,8-9,12-15,20-21H,7,10-11,16-19H2,1-3H3,(H,31,35)(H,32,36). The molecule has 0 spiro atoms. The van der Waals surface area contributed by atoms with Crippen LogP contribution in [0.4, 0.5) is 21.9 Å². The van der Waals surface area contributed by atoms with Crippen LogP contribution >= 0.6 is 0 Å². The topological polar surface area (TPSA) is 64.7 Å². The molecule has 1 aliphatic heterocycles. The molecule has 0 aliphatic carbocycles. The van der Waals surface area contributed by atoms with Crippen molar-refractivity contribution in [1.82, 2.24) is 4.90 Å². The van der Waals surface area contributed by atoms with Gasteiger partial charge < -0.3 is 20.4 Å². The van der Waals surface area contributed by atoms with Gasteiger partial charge in [-0.3, -0.25) is 4.79 Å². The van der Waals surface area contributed by atoms with Crippen LogP contribution in [0.1, 0.15) is 35.1 Å². The zero-order valence-electron chi connectivity index (χ0n) is 21.5. The number of hydrogen-bond donors (Lipinski definition) is 2. The summed E-state index contributed by atoms with van der Waals surface area (Å²) in [6.45, 7) is 8.99. The van der Waals surface area contributed by atoms with Crippen LogP contribution in [0.5, 0.6) is 0 Å². The summed E-state index contributed by atoms with van der Waals surface area (Å²) in [5, 5.41) is 6.10. The number of benzene rings is 3. The number of amides is 3. The summed E-state index contributed by atoms with van der Waals surface area (Å²) < 4.78 is 0. The molecule has 0 atom stereocenters. The van der Waals surface area contributed by atoms with Gasteiger partial charge in [0.05, 0.1) is 0 Å². The molecule has 0 radical (unpaired) electrons. The average molecular weight is 485 g/mol. The van der Waals surface area contributed by atoms with Crippen molar-refractivity contribution < 1.29 is 9.59 Å². The minimum absolute atomic E-state index is 0.0392. The van der Waals surface area contributed by atoms with E-state index in [9.17, 15) is 9.59 Å². The van der Waals surface area contributed by atoms with Gasteiger partial charge in [0.15, 0.2) is 0 Å². The first-order chi connectivity index (χ1) is 17.4. The summed E-state index contributed by atoms with van der Waals surface area (Å²) in [6, 6.07) is 22.4. The molecule has 4 rings (SSSR count). The molecular formula is C30H36N4O2. The number of carbonyl (C=O) groups excluding carboxylic acids is 2. The van der Waals surface area contributed by atoms with E-state index < -0.39 is 0 Å². The average Bonchev–Trinajstić information content (AvgIpc) is 2.87. The Balaban J connectivity index is 1.22. The number of hydrogen-bond acceptors (Lipinski definition) is 3. The molecule has 3 amide bonds. The van der Waals surface area contributed by atoms with Crippen LogP contribution in [-0.4, -0.2) is 43.0 Å². The van der Waals surface area contributed by atoms with Gasteiger partial charge in [0.2, 0.25) is 5.91 Å². The Kier molecular flexibility index (Phi) is 8.26. The third-order valence-electron chi connectivity index (χ3n) is 6.70. The minimum Gasteiger partial charge on any atom is -0.368 e. The summed E-state index contributed by atoms with van der Waals surface area (Å²) >= 11 is 0. The summed E-state index contributed by atoms with van der Waals surface area (Å²) in [6.07, 6.45) is 2.23. The number of aryl methyl sites for hydroxylation is 4. The predicted molar refractivity (Wildman–Crippen MR) is 148 cm³/mol. The Hall–Kier alpha value is -3.80. The van der Waals surface area contributed by atoms with Crippen molar-refractivity contribution in [2.24, 2.45) is 0 Å². The third-order valence-corrected chi connectivity index (χ3v) is 6.70. The molecule has 6 nitrogen and oxygen atoms in total. The summed E-state index contributed by atoms with van der Waals surface area (Å²) in [4.78, 5) is 29.3. The van der Waals surface area contributed by atoms with Crippen molar-refractivity contribution >= 4 is 29.0 Å². The molecule has 3 aromatic rings. The van der Waals surface area contributed by atoms with E-state index >= 15 is 0 Å². The molecule has 1 saturated heterocycles. The van der Waals surface area contributed by atoms with Crippen LogP contribution < -0.4 is 15.5 Å². The number of nitrogens with zero attached hydrogens (tertiary/aromatic N) is 2. The first kappa shape index (κ1) is 25.3. The molecule has 188 valence electrons. The maximum absolute atomic E-state index is 12.9. The van der Waals surface area contributed by atoms with E-state index in [1.807, 2.05) is 61.2 Å². The maximum Gasteiger partial charge on any atom is 0.321 e. The SMILES string of the molecule is Cc1cc(C)c(NC(=O)N2CCN(c3ccc(NC(=O)CCCc4ccccc4)cc3)CC2)c(C)c1. The Labute approximate surface area is 214 Å². The van der Waals surface area contributed by atoms with E-state index in [0.717, 1.165) is 54.1 Å². The fourth-order valence-corrected chi connectivity index (χ4v) is 4.81. The molecule has 1 heterocycles. The van der Waals surface area contributed by atoms with E-state index in [-0.39, 0.29) is 11.9 Å². The molecule has 0 aromatic heterocycles. The number of piperazine rings is 1. The Morgan fingerprint density at radius 3 is 2.08 bits per heavy atom. The second kappa shape index (κ2) is 11.8. The molecule has 2 N–H and O–H groups in total. The molecule has 3 aromatic carbocycles. The molecule has 0 bridgehead atoms. The highest BCUT2D eigenvalue weighted by Gasteiger charge is 2.22. The monoisotopic (exact) mass is 484 g/mol. The van der Waals surface area contributed by atoms with Crippen molar-refractivity contribution in [3.8, 4) is 0 Å². The molecule has 36 heavy (non-hydrogen) atoms. The molecule has 6 heteroatoms. The number of urea groups is 1. The predicted octanol–water partition coefficient (Wildman–Crippen LogP) is 5.93. The molecule has 0 saturated carbocycles. The quantitative estimate of drug-likeness (QED) is 0.437. The van der Waals surface area contributed by atoms with Crippen LogP contribution in [0.25, 0.3) is 0 Å². The molecule has 1 fully saturated rings. The molecule has 0 unspecified atom stereocenters. The van der Waals surface area contributed by atoms with Crippen LogP contribution in [0, 0.1) is 20.8 Å². The highest BCUT2D eigenvalue weighted by atomic mass is 16.2. The zero-order valence-corrected chi connectivity index (χ0v) is 21.5. The van der Waals surface area contributed by atoms with Crippen LogP contribution in [0.15, 0.2) is 66.7 Å². The highest BCUT2D eigenvalue weighted by molar-refractivity contribution is 5.92. The van der Waals surface area contributed by atoms with Crippen molar-refractivity contribution in [1.29, 1.82) is 0 Å². The van der Waals surface area contributed by atoms with Crippen LogP contribution in [0.2, 0.25) is 0 Å². The Bertz CT molecular complexity index is 1160. The van der Waals surface area contributed by atoms with E-state index in [4.69, 9.17) is 0 Å². The van der Waals surface area contributed by atoms with E-state index in [1.54, 1.807) is 0 Å². The molecule has 1 aliphatic rings. The number of rotatable bonds is 7. The summed E-state index contributed by atoms with van der Waals surface area (Å²) in [5.41, 5.74) is 7.45. The summed E-state index contributed by atoms with van der Waals surface area (Å²) in [7, 11) is 0. The lowest BCUT2D eigenvalue weighted by atomic mass is 10.1. The van der Waals surface area contributed by atoms with Gasteiger partial charge in [-0.15, -0.1) is 0 Å². The van der Waals surface area contributed by atoms with Gasteiger partial charge in [0.25, 0.3) is 0 Å². The van der Waals surface area contributed by atoms with Crippen molar-refractivity contribution in [3.63, 3.8) is 0 Å². The van der Waals surface area contributed by atoms with Crippen molar-refractivity contribution in [3.05, 3.63) is 89.0 Å². The lowest BCUT2D eigenvalue weighted by Gasteiger charge is -2.36. The van der Waals surface area contributed by atoms with Gasteiger partial charge in [-0.25, -0.2) is 4.79 Å². The highest BCUT2D eigenvalue weighted by Crippen LogP contribution is 2.24. The number of anilines is 3. The number of carbonyl (C=O) groups is 2. The van der Waals surface area contributed by atoms with Crippen LogP contribution in [0.3, 0.4) is 0 Å². The first-order valence-corrected chi connectivity index (χ1v) is 12.7. The van der Waals surface area contributed by atoms with Gasteiger partial charge in [-0.1, -0.05) is 48.0 Å². The second-order valence-electron chi connectivity index (χ2n) is 9.61. The van der Waals surface area contributed by atoms with E-state index in [0.29, 0.717) is 19.5 Å². The normalized spacial score (nSPS) is 13.4.